The zero-order chi connectivity index (χ0) is 11.4. The molecule has 1 aliphatic rings. The quantitative estimate of drug-likeness (QED) is 0.587. The van der Waals surface area contributed by atoms with Crippen LogP contribution in [-0.4, -0.2) is 29.3 Å². The minimum atomic E-state index is 0.240. The Bertz CT molecular complexity index is 375. The van der Waals surface area contributed by atoms with Gasteiger partial charge in [-0.3, -0.25) is 4.79 Å². The molecule has 4 nitrogen and oxygen atoms in total. The monoisotopic (exact) mass is 239 g/mol. The normalized spacial score (nSPS) is 16.9. The molecule has 0 atom stereocenters. The van der Waals surface area contributed by atoms with Crippen LogP contribution in [0.3, 0.4) is 0 Å². The Kier molecular flexibility index (Phi) is 3.72. The number of hydrogen-bond donors (Lipinski definition) is 0. The van der Waals surface area contributed by atoms with E-state index >= 15 is 0 Å². The van der Waals surface area contributed by atoms with Gasteiger partial charge in [-0.2, -0.15) is 0 Å². The van der Waals surface area contributed by atoms with E-state index in [0.717, 1.165) is 32.2 Å². The van der Waals surface area contributed by atoms with Crippen LogP contribution in [0.25, 0.3) is 0 Å². The first-order valence-corrected chi connectivity index (χ1v) is 5.91. The van der Waals surface area contributed by atoms with Crippen LogP contribution in [0.2, 0.25) is 5.15 Å². The van der Waals surface area contributed by atoms with Gasteiger partial charge in [0.15, 0.2) is 6.29 Å². The fraction of sp³-hybridized carbons (Fsp3) is 0.545. The lowest BCUT2D eigenvalue weighted by Gasteiger charge is -2.22. The summed E-state index contributed by atoms with van der Waals surface area (Å²) in [5.74, 6) is 0.678. The molecule has 1 aromatic heterocycles. The Morgan fingerprint density at radius 2 is 1.88 bits per heavy atom. The van der Waals surface area contributed by atoms with Gasteiger partial charge < -0.3 is 4.90 Å². The van der Waals surface area contributed by atoms with Crippen molar-refractivity contribution in [2.75, 3.05) is 18.0 Å². The van der Waals surface area contributed by atoms with Crippen LogP contribution in [0.4, 0.5) is 5.82 Å². The zero-order valence-corrected chi connectivity index (χ0v) is 9.78. The smallest absolute Gasteiger partial charge is 0.156 e. The highest BCUT2D eigenvalue weighted by Gasteiger charge is 2.17. The molecule has 1 aromatic rings. The molecular formula is C11H14ClN3O. The number of aldehydes is 1. The van der Waals surface area contributed by atoms with Gasteiger partial charge in [-0.15, -0.1) is 0 Å². The summed E-state index contributed by atoms with van der Waals surface area (Å²) in [5, 5.41) is 0.240. The average Bonchev–Trinajstić information content (AvgIpc) is 2.57. The molecular weight excluding hydrogens is 226 g/mol. The molecule has 0 N–H and O–H groups in total. The standard InChI is InChI=1S/C11H14ClN3O/c12-10-9(7-16)11(14-8-13-10)15-5-3-1-2-4-6-15/h7-8H,1-6H2. The molecule has 5 heteroatoms. The highest BCUT2D eigenvalue weighted by atomic mass is 35.5. The molecule has 0 radical (unpaired) electrons. The van der Waals surface area contributed by atoms with Gasteiger partial charge in [0.1, 0.15) is 17.3 Å². The molecule has 2 heterocycles. The molecule has 0 aliphatic carbocycles. The molecule has 86 valence electrons. The Balaban J connectivity index is 2.30. The lowest BCUT2D eigenvalue weighted by atomic mass is 10.2. The van der Waals surface area contributed by atoms with Crippen molar-refractivity contribution >= 4 is 23.7 Å². The second-order valence-electron chi connectivity index (χ2n) is 3.92. The molecule has 1 saturated heterocycles. The maximum atomic E-state index is 11.0. The van der Waals surface area contributed by atoms with Gasteiger partial charge in [0.2, 0.25) is 0 Å². The number of nitrogens with zero attached hydrogens (tertiary/aromatic N) is 3. The molecule has 0 saturated carbocycles. The Morgan fingerprint density at radius 3 is 2.50 bits per heavy atom. The predicted octanol–water partition coefficient (Wildman–Crippen LogP) is 2.32. The minimum absolute atomic E-state index is 0.240. The third-order valence-corrected chi connectivity index (χ3v) is 3.14. The van der Waals surface area contributed by atoms with Crippen LogP contribution < -0.4 is 4.90 Å². The van der Waals surface area contributed by atoms with E-state index in [4.69, 9.17) is 11.6 Å². The van der Waals surface area contributed by atoms with Crippen molar-refractivity contribution < 1.29 is 4.79 Å². The van der Waals surface area contributed by atoms with Gasteiger partial charge in [-0.25, -0.2) is 9.97 Å². The van der Waals surface area contributed by atoms with E-state index in [1.165, 1.54) is 19.2 Å². The highest BCUT2D eigenvalue weighted by Crippen LogP contribution is 2.23. The summed E-state index contributed by atoms with van der Waals surface area (Å²) in [6.45, 7) is 1.88. The summed E-state index contributed by atoms with van der Waals surface area (Å²) >= 11 is 5.88. The third-order valence-electron chi connectivity index (χ3n) is 2.84. The Morgan fingerprint density at radius 1 is 1.19 bits per heavy atom. The van der Waals surface area contributed by atoms with Crippen molar-refractivity contribution in [1.82, 2.24) is 9.97 Å². The van der Waals surface area contributed by atoms with Crippen LogP contribution >= 0.6 is 11.6 Å². The van der Waals surface area contributed by atoms with Gasteiger partial charge >= 0.3 is 0 Å². The van der Waals surface area contributed by atoms with Gasteiger partial charge in [-0.1, -0.05) is 24.4 Å². The van der Waals surface area contributed by atoms with Crippen LogP contribution in [0, 0.1) is 0 Å². The van der Waals surface area contributed by atoms with Crippen molar-refractivity contribution in [2.24, 2.45) is 0 Å². The van der Waals surface area contributed by atoms with Crippen LogP contribution in [0.1, 0.15) is 36.0 Å². The van der Waals surface area contributed by atoms with Crippen molar-refractivity contribution in [3.8, 4) is 0 Å². The summed E-state index contributed by atoms with van der Waals surface area (Å²) in [4.78, 5) is 21.1. The molecule has 16 heavy (non-hydrogen) atoms. The number of aromatic nitrogens is 2. The van der Waals surface area contributed by atoms with E-state index in [1.807, 2.05) is 0 Å². The molecule has 1 fully saturated rings. The molecule has 0 unspecified atom stereocenters. The summed E-state index contributed by atoms with van der Waals surface area (Å²) in [6.07, 6.45) is 6.91. The number of hydrogen-bond acceptors (Lipinski definition) is 4. The molecule has 0 spiro atoms. The van der Waals surface area contributed by atoms with Crippen LogP contribution in [0.5, 0.6) is 0 Å². The van der Waals surface area contributed by atoms with Crippen LogP contribution in [0.15, 0.2) is 6.33 Å². The van der Waals surface area contributed by atoms with Crippen molar-refractivity contribution in [3.63, 3.8) is 0 Å². The van der Waals surface area contributed by atoms with E-state index < -0.39 is 0 Å². The van der Waals surface area contributed by atoms with Gasteiger partial charge in [0.05, 0.1) is 5.56 Å². The third kappa shape index (κ3) is 2.32. The van der Waals surface area contributed by atoms with Crippen molar-refractivity contribution in [3.05, 3.63) is 17.0 Å². The fourth-order valence-corrected chi connectivity index (χ4v) is 2.17. The highest BCUT2D eigenvalue weighted by molar-refractivity contribution is 6.32. The first kappa shape index (κ1) is 11.3. The Labute approximate surface area is 99.6 Å². The maximum absolute atomic E-state index is 11.0. The first-order valence-electron chi connectivity index (χ1n) is 5.53. The number of anilines is 1. The molecule has 0 bridgehead atoms. The largest absolute Gasteiger partial charge is 0.356 e. The number of carbonyl (C=O) groups is 1. The Hall–Kier alpha value is -1.16. The second-order valence-corrected chi connectivity index (χ2v) is 4.28. The number of carbonyl (C=O) groups excluding carboxylic acids is 1. The molecule has 1 aliphatic heterocycles. The van der Waals surface area contributed by atoms with E-state index in [0.29, 0.717) is 11.4 Å². The fourth-order valence-electron chi connectivity index (χ4n) is 2.00. The second kappa shape index (κ2) is 5.25. The predicted molar refractivity (Wildman–Crippen MR) is 63.1 cm³/mol. The topological polar surface area (TPSA) is 46.1 Å². The average molecular weight is 240 g/mol. The summed E-state index contributed by atoms with van der Waals surface area (Å²) in [7, 11) is 0. The lowest BCUT2D eigenvalue weighted by molar-refractivity contribution is 0.112. The zero-order valence-electron chi connectivity index (χ0n) is 9.03. The van der Waals surface area contributed by atoms with E-state index in [9.17, 15) is 4.79 Å². The summed E-state index contributed by atoms with van der Waals surface area (Å²) in [6, 6.07) is 0. The van der Waals surface area contributed by atoms with E-state index in [2.05, 4.69) is 14.9 Å². The van der Waals surface area contributed by atoms with Crippen LogP contribution in [-0.2, 0) is 0 Å². The van der Waals surface area contributed by atoms with E-state index in [-0.39, 0.29) is 5.15 Å². The minimum Gasteiger partial charge on any atom is -0.356 e. The van der Waals surface area contributed by atoms with Gasteiger partial charge in [0.25, 0.3) is 0 Å². The lowest BCUT2D eigenvalue weighted by Crippen LogP contribution is -2.26. The summed E-state index contributed by atoms with van der Waals surface area (Å²) in [5.41, 5.74) is 0.408. The number of halogens is 1. The van der Waals surface area contributed by atoms with Gasteiger partial charge in [0, 0.05) is 13.1 Å². The SMILES string of the molecule is O=Cc1c(Cl)ncnc1N1CCCCCC1. The molecule has 2 rings (SSSR count). The number of rotatable bonds is 2. The molecule has 0 aromatic carbocycles. The molecule has 0 amide bonds. The van der Waals surface area contributed by atoms with Crippen molar-refractivity contribution in [2.45, 2.75) is 25.7 Å². The first-order chi connectivity index (χ1) is 7.83. The summed E-state index contributed by atoms with van der Waals surface area (Å²) < 4.78 is 0. The maximum Gasteiger partial charge on any atom is 0.156 e. The van der Waals surface area contributed by atoms with E-state index in [1.54, 1.807) is 0 Å². The van der Waals surface area contributed by atoms with Crippen molar-refractivity contribution in [1.29, 1.82) is 0 Å². The van der Waals surface area contributed by atoms with Gasteiger partial charge in [-0.05, 0) is 12.8 Å².